The molecule has 2 rings (SSSR count). The topological polar surface area (TPSA) is 43.4 Å². The summed E-state index contributed by atoms with van der Waals surface area (Å²) in [6.07, 6.45) is 2.03. The maximum absolute atomic E-state index is 5.76. The summed E-state index contributed by atoms with van der Waals surface area (Å²) < 4.78 is 11.1. The highest BCUT2D eigenvalue weighted by molar-refractivity contribution is 7.13. The van der Waals surface area contributed by atoms with E-state index in [9.17, 15) is 0 Å². The maximum atomic E-state index is 5.76. The van der Waals surface area contributed by atoms with Crippen LogP contribution in [0.1, 0.15) is 19.5 Å². The Hall–Kier alpha value is -2.01. The van der Waals surface area contributed by atoms with Crippen molar-refractivity contribution < 1.29 is 9.47 Å². The van der Waals surface area contributed by atoms with E-state index in [2.05, 4.69) is 10.3 Å². The first kappa shape index (κ1) is 15.4. The molecular formula is C16H20N2O2S. The average Bonchev–Trinajstić information content (AvgIpc) is 2.84. The van der Waals surface area contributed by atoms with E-state index in [-0.39, 0.29) is 0 Å². The summed E-state index contributed by atoms with van der Waals surface area (Å²) in [5.41, 5.74) is 3.16. The van der Waals surface area contributed by atoms with E-state index in [1.54, 1.807) is 18.4 Å². The van der Waals surface area contributed by atoms with Crippen molar-refractivity contribution in [1.82, 2.24) is 4.98 Å². The van der Waals surface area contributed by atoms with Crippen LogP contribution in [0.5, 0.6) is 11.5 Å². The van der Waals surface area contributed by atoms with Crippen molar-refractivity contribution in [2.45, 2.75) is 20.8 Å². The van der Waals surface area contributed by atoms with Gasteiger partial charge in [-0.15, -0.1) is 11.3 Å². The molecule has 0 unspecified atom stereocenters. The predicted octanol–water partition coefficient (Wildman–Crippen LogP) is 4.55. The number of rotatable bonds is 6. The number of hydrogen-bond donors (Lipinski definition) is 1. The lowest BCUT2D eigenvalue weighted by Crippen LogP contribution is -1.98. The zero-order valence-corrected chi connectivity index (χ0v) is 13.6. The van der Waals surface area contributed by atoms with E-state index in [0.717, 1.165) is 22.3 Å². The molecular weight excluding hydrogens is 284 g/mol. The van der Waals surface area contributed by atoms with Gasteiger partial charge in [-0.1, -0.05) is 5.57 Å². The molecule has 0 saturated heterocycles. The number of allylic oxidation sites excluding steroid dienone is 1. The van der Waals surface area contributed by atoms with Crippen molar-refractivity contribution >= 4 is 22.2 Å². The molecule has 0 spiro atoms. The number of benzene rings is 1. The zero-order chi connectivity index (χ0) is 15.2. The quantitative estimate of drug-likeness (QED) is 0.795. The third kappa shape index (κ3) is 4.49. The molecule has 0 radical (unpaired) electrons. The minimum Gasteiger partial charge on any atom is -0.493 e. The molecule has 5 heteroatoms. The van der Waals surface area contributed by atoms with Crippen LogP contribution < -0.4 is 14.8 Å². The third-order valence-corrected chi connectivity index (χ3v) is 3.64. The molecule has 1 aromatic carbocycles. The molecule has 0 saturated carbocycles. The van der Waals surface area contributed by atoms with Gasteiger partial charge in [0.15, 0.2) is 16.6 Å². The molecule has 0 fully saturated rings. The number of methoxy groups -OCH3 is 1. The van der Waals surface area contributed by atoms with E-state index >= 15 is 0 Å². The number of aryl methyl sites for hydroxylation is 1. The Morgan fingerprint density at radius 2 is 2.14 bits per heavy atom. The largest absolute Gasteiger partial charge is 0.493 e. The Labute approximate surface area is 129 Å². The van der Waals surface area contributed by atoms with Gasteiger partial charge in [-0.05, 0) is 39.0 Å². The molecule has 0 aliphatic heterocycles. The molecule has 1 aromatic heterocycles. The van der Waals surface area contributed by atoms with Gasteiger partial charge >= 0.3 is 0 Å². The molecule has 112 valence electrons. The van der Waals surface area contributed by atoms with Gasteiger partial charge in [-0.2, -0.15) is 0 Å². The van der Waals surface area contributed by atoms with Gasteiger partial charge in [-0.25, -0.2) is 4.98 Å². The summed E-state index contributed by atoms with van der Waals surface area (Å²) in [5.74, 6) is 1.44. The Balaban J connectivity index is 2.14. The molecule has 0 aliphatic rings. The number of nitrogens with one attached hydrogen (secondary N) is 1. The number of nitrogens with zero attached hydrogens (tertiary/aromatic N) is 1. The Bertz CT molecular complexity index is 631. The third-order valence-electron chi connectivity index (χ3n) is 2.76. The Kier molecular flexibility index (Phi) is 5.22. The lowest BCUT2D eigenvalue weighted by molar-refractivity contribution is 0.326. The van der Waals surface area contributed by atoms with Crippen LogP contribution in [0.4, 0.5) is 10.8 Å². The van der Waals surface area contributed by atoms with Gasteiger partial charge in [0.2, 0.25) is 0 Å². The molecule has 0 aliphatic carbocycles. The highest BCUT2D eigenvalue weighted by atomic mass is 32.1. The second-order valence-corrected chi connectivity index (χ2v) is 5.74. The van der Waals surface area contributed by atoms with Crippen molar-refractivity contribution in [3.63, 3.8) is 0 Å². The van der Waals surface area contributed by atoms with Crippen LogP contribution in [0, 0.1) is 6.92 Å². The number of ether oxygens (including phenoxy) is 2. The van der Waals surface area contributed by atoms with Crippen LogP contribution >= 0.6 is 11.3 Å². The number of anilines is 2. The molecule has 1 N–H and O–H groups in total. The standard InChI is InChI=1S/C16H20N2O2S/c1-11(2)7-8-20-15-9-13(5-6-14(15)19-4)18-16-17-12(3)10-21-16/h5-7,9-10H,8H2,1-4H3,(H,17,18). The summed E-state index contributed by atoms with van der Waals surface area (Å²) in [4.78, 5) is 4.39. The predicted molar refractivity (Wildman–Crippen MR) is 88.1 cm³/mol. The molecule has 2 aromatic rings. The summed E-state index contributed by atoms with van der Waals surface area (Å²) >= 11 is 1.58. The molecule has 0 amide bonds. The fourth-order valence-electron chi connectivity index (χ4n) is 1.70. The van der Waals surface area contributed by atoms with Crippen molar-refractivity contribution in [2.75, 3.05) is 19.0 Å². The monoisotopic (exact) mass is 304 g/mol. The minimum atomic E-state index is 0.526. The van der Waals surface area contributed by atoms with Crippen molar-refractivity contribution in [1.29, 1.82) is 0 Å². The average molecular weight is 304 g/mol. The van der Waals surface area contributed by atoms with E-state index in [1.807, 2.05) is 50.4 Å². The minimum absolute atomic E-state index is 0.526. The van der Waals surface area contributed by atoms with Crippen LogP contribution in [0.3, 0.4) is 0 Å². The van der Waals surface area contributed by atoms with Crippen LogP contribution in [-0.4, -0.2) is 18.7 Å². The second kappa shape index (κ2) is 7.13. The fourth-order valence-corrected chi connectivity index (χ4v) is 2.41. The van der Waals surface area contributed by atoms with E-state index in [0.29, 0.717) is 12.4 Å². The molecule has 21 heavy (non-hydrogen) atoms. The molecule has 0 atom stereocenters. The normalized spacial score (nSPS) is 10.1. The van der Waals surface area contributed by atoms with Crippen LogP contribution in [0.2, 0.25) is 0 Å². The van der Waals surface area contributed by atoms with Crippen molar-refractivity contribution in [2.24, 2.45) is 0 Å². The van der Waals surface area contributed by atoms with Gasteiger partial charge in [0, 0.05) is 17.1 Å². The lowest BCUT2D eigenvalue weighted by Gasteiger charge is -2.11. The second-order valence-electron chi connectivity index (χ2n) is 4.88. The van der Waals surface area contributed by atoms with Crippen molar-refractivity contribution in [3.05, 3.63) is 40.9 Å². The number of hydrogen-bond acceptors (Lipinski definition) is 5. The number of aromatic nitrogens is 1. The van der Waals surface area contributed by atoms with Gasteiger partial charge in [-0.3, -0.25) is 0 Å². The van der Waals surface area contributed by atoms with Crippen LogP contribution in [-0.2, 0) is 0 Å². The summed E-state index contributed by atoms with van der Waals surface area (Å²) in [6, 6.07) is 5.76. The first-order valence-electron chi connectivity index (χ1n) is 6.72. The summed E-state index contributed by atoms with van der Waals surface area (Å²) in [6.45, 7) is 6.59. The number of thiazole rings is 1. The van der Waals surface area contributed by atoms with Gasteiger partial charge in [0.25, 0.3) is 0 Å². The Morgan fingerprint density at radius 3 is 2.76 bits per heavy atom. The fraction of sp³-hybridized carbons (Fsp3) is 0.312. The van der Waals surface area contributed by atoms with Crippen molar-refractivity contribution in [3.8, 4) is 11.5 Å². The SMILES string of the molecule is COc1ccc(Nc2nc(C)cs2)cc1OCC=C(C)C. The van der Waals surface area contributed by atoms with Gasteiger partial charge < -0.3 is 14.8 Å². The van der Waals surface area contributed by atoms with Gasteiger partial charge in [0.05, 0.1) is 12.8 Å². The smallest absolute Gasteiger partial charge is 0.187 e. The zero-order valence-electron chi connectivity index (χ0n) is 12.8. The maximum Gasteiger partial charge on any atom is 0.187 e. The van der Waals surface area contributed by atoms with Crippen LogP contribution in [0.25, 0.3) is 0 Å². The summed E-state index contributed by atoms with van der Waals surface area (Å²) in [5, 5.41) is 6.15. The highest BCUT2D eigenvalue weighted by Crippen LogP contribution is 2.32. The highest BCUT2D eigenvalue weighted by Gasteiger charge is 2.07. The lowest BCUT2D eigenvalue weighted by atomic mass is 10.2. The molecule has 0 bridgehead atoms. The molecule has 1 heterocycles. The first-order chi connectivity index (χ1) is 10.1. The van der Waals surface area contributed by atoms with Gasteiger partial charge in [0.1, 0.15) is 6.61 Å². The Morgan fingerprint density at radius 1 is 1.33 bits per heavy atom. The first-order valence-corrected chi connectivity index (χ1v) is 7.60. The van der Waals surface area contributed by atoms with Crippen LogP contribution in [0.15, 0.2) is 35.2 Å². The summed E-state index contributed by atoms with van der Waals surface area (Å²) in [7, 11) is 1.64. The van der Waals surface area contributed by atoms with E-state index < -0.39 is 0 Å². The molecule has 4 nitrogen and oxygen atoms in total. The van der Waals surface area contributed by atoms with E-state index in [4.69, 9.17) is 9.47 Å². The van der Waals surface area contributed by atoms with E-state index in [1.165, 1.54) is 5.57 Å².